The molecule has 0 unspecified atom stereocenters. The van der Waals surface area contributed by atoms with Gasteiger partial charge in [0.05, 0.1) is 24.0 Å². The molecule has 88 valence electrons. The van der Waals surface area contributed by atoms with Crippen molar-refractivity contribution in [3.8, 4) is 0 Å². The van der Waals surface area contributed by atoms with E-state index in [1.807, 2.05) is 0 Å². The number of carbonyl (C=O) groups excluding carboxylic acids is 1. The van der Waals surface area contributed by atoms with E-state index in [0.29, 0.717) is 0 Å². The van der Waals surface area contributed by atoms with Crippen molar-refractivity contribution in [1.29, 1.82) is 0 Å². The van der Waals surface area contributed by atoms with Crippen molar-refractivity contribution in [2.24, 2.45) is 11.3 Å². The number of rotatable bonds is 4. The summed E-state index contributed by atoms with van der Waals surface area (Å²) in [4.78, 5) is 10.5. The molecule has 0 bridgehead atoms. The van der Waals surface area contributed by atoms with Crippen molar-refractivity contribution in [3.63, 3.8) is 0 Å². The van der Waals surface area contributed by atoms with Crippen LogP contribution in [0.2, 0.25) is 0 Å². The van der Waals surface area contributed by atoms with Gasteiger partial charge in [-0.25, -0.2) is 8.78 Å². The zero-order chi connectivity index (χ0) is 11.9. The lowest BCUT2D eigenvalue weighted by Crippen LogP contribution is -2.21. The molecule has 0 saturated heterocycles. The second-order valence-electron chi connectivity index (χ2n) is 4.05. The topological polar surface area (TPSA) is 66.8 Å². The number of aliphatic hydroxyl groups excluding tert-OH is 2. The summed E-state index contributed by atoms with van der Waals surface area (Å²) in [5, 5.41) is 17.8. The molecule has 2 N–H and O–H groups in total. The first-order valence-electron chi connectivity index (χ1n) is 4.57. The van der Waals surface area contributed by atoms with Gasteiger partial charge in [-0.05, 0) is 6.92 Å². The highest BCUT2D eigenvalue weighted by atomic mass is 19.3. The molecule has 1 aliphatic carbocycles. The fourth-order valence-corrected chi connectivity index (χ4v) is 1.83. The summed E-state index contributed by atoms with van der Waals surface area (Å²) >= 11 is 0. The van der Waals surface area contributed by atoms with Crippen LogP contribution in [0.25, 0.3) is 0 Å². The van der Waals surface area contributed by atoms with Crippen LogP contribution in [-0.4, -0.2) is 41.4 Å². The average Bonchev–Trinajstić information content (AvgIpc) is 2.57. The molecule has 0 radical (unpaired) electrons. The molecule has 1 rings (SSSR count). The maximum Gasteiger partial charge on any atom is 0.302 e. The molecule has 1 fully saturated rings. The van der Waals surface area contributed by atoms with E-state index in [-0.39, 0.29) is 0 Å². The van der Waals surface area contributed by atoms with E-state index < -0.39 is 42.5 Å². The van der Waals surface area contributed by atoms with Crippen molar-refractivity contribution in [1.82, 2.24) is 0 Å². The summed E-state index contributed by atoms with van der Waals surface area (Å²) in [5.41, 5.74) is -1.57. The molecule has 0 aromatic heterocycles. The molecule has 4 nitrogen and oxygen atoms in total. The number of carbonyl (C=O) groups is 1. The van der Waals surface area contributed by atoms with Crippen LogP contribution in [0.15, 0.2) is 0 Å². The lowest BCUT2D eigenvalue weighted by Gasteiger charge is -2.11. The lowest BCUT2D eigenvalue weighted by atomic mass is 10.1. The van der Waals surface area contributed by atoms with Crippen molar-refractivity contribution >= 4 is 5.97 Å². The number of alkyl halides is 2. The molecule has 1 saturated carbocycles. The van der Waals surface area contributed by atoms with Gasteiger partial charge in [-0.3, -0.25) is 4.79 Å². The van der Waals surface area contributed by atoms with Gasteiger partial charge in [0.2, 0.25) is 0 Å². The summed E-state index contributed by atoms with van der Waals surface area (Å²) < 4.78 is 31.1. The van der Waals surface area contributed by atoms with E-state index in [2.05, 4.69) is 4.74 Å². The monoisotopic (exact) mass is 224 g/mol. The van der Waals surface area contributed by atoms with E-state index >= 15 is 0 Å². The summed E-state index contributed by atoms with van der Waals surface area (Å²) in [7, 11) is 0. The van der Waals surface area contributed by atoms with E-state index in [4.69, 9.17) is 10.2 Å². The molecule has 1 aliphatic rings. The van der Waals surface area contributed by atoms with Crippen LogP contribution < -0.4 is 0 Å². The minimum atomic E-state index is -3.11. The number of hydrogen-bond acceptors (Lipinski definition) is 4. The van der Waals surface area contributed by atoms with Crippen molar-refractivity contribution in [3.05, 3.63) is 0 Å². The number of ether oxygens (including phenoxy) is 1. The lowest BCUT2D eigenvalue weighted by molar-refractivity contribution is -0.143. The normalized spacial score (nSPS) is 34.7. The summed E-state index contributed by atoms with van der Waals surface area (Å²) in [6, 6.07) is 0. The molecule has 0 aromatic carbocycles. The van der Waals surface area contributed by atoms with E-state index in [9.17, 15) is 13.6 Å². The highest BCUT2D eigenvalue weighted by molar-refractivity contribution is 5.66. The third kappa shape index (κ3) is 1.83. The standard InChI is InChI=1S/C9H14F2O4/c1-5(13)15-4-8(2)7(6(14)3-12)9(8,10)11/h6-7,12,14H,3-4H2,1-2H3/t6-,7+,8+/m1/s1. The second-order valence-corrected chi connectivity index (χ2v) is 4.05. The Bertz CT molecular complexity index is 269. The Hall–Kier alpha value is -0.750. The molecule has 15 heavy (non-hydrogen) atoms. The van der Waals surface area contributed by atoms with Gasteiger partial charge in [-0.1, -0.05) is 0 Å². The summed E-state index contributed by atoms with van der Waals surface area (Å²) in [5.74, 6) is -5.10. The molecule has 3 atom stereocenters. The third-order valence-corrected chi connectivity index (χ3v) is 2.90. The van der Waals surface area contributed by atoms with Crippen LogP contribution in [0, 0.1) is 11.3 Å². The second kappa shape index (κ2) is 3.68. The Labute approximate surface area is 85.8 Å². The van der Waals surface area contributed by atoms with Crippen LogP contribution in [0.5, 0.6) is 0 Å². The highest BCUT2D eigenvalue weighted by Crippen LogP contribution is 2.67. The van der Waals surface area contributed by atoms with Gasteiger partial charge in [0, 0.05) is 6.92 Å². The van der Waals surface area contributed by atoms with Crippen LogP contribution in [-0.2, 0) is 9.53 Å². The van der Waals surface area contributed by atoms with Gasteiger partial charge in [0.25, 0.3) is 5.92 Å². The molecule has 6 heteroatoms. The molecular weight excluding hydrogens is 210 g/mol. The number of esters is 1. The van der Waals surface area contributed by atoms with Crippen LogP contribution in [0.3, 0.4) is 0 Å². The Morgan fingerprint density at radius 1 is 1.60 bits per heavy atom. The Morgan fingerprint density at radius 3 is 2.53 bits per heavy atom. The fourth-order valence-electron chi connectivity index (χ4n) is 1.83. The number of halogens is 2. The number of hydrogen-bond donors (Lipinski definition) is 2. The molecule has 0 spiro atoms. The first-order chi connectivity index (χ1) is 6.77. The van der Waals surface area contributed by atoms with Crippen molar-refractivity contribution < 1.29 is 28.5 Å². The van der Waals surface area contributed by atoms with Crippen molar-refractivity contribution in [2.45, 2.75) is 25.9 Å². The Morgan fingerprint density at radius 2 is 2.13 bits per heavy atom. The van der Waals surface area contributed by atoms with Crippen molar-refractivity contribution in [2.75, 3.05) is 13.2 Å². The molecule has 0 aliphatic heterocycles. The van der Waals surface area contributed by atoms with Crippen LogP contribution >= 0.6 is 0 Å². The zero-order valence-electron chi connectivity index (χ0n) is 8.54. The zero-order valence-corrected chi connectivity index (χ0v) is 8.54. The average molecular weight is 224 g/mol. The van der Waals surface area contributed by atoms with E-state index in [1.54, 1.807) is 0 Å². The van der Waals surface area contributed by atoms with Crippen LogP contribution in [0.4, 0.5) is 8.78 Å². The number of aliphatic hydroxyl groups is 2. The smallest absolute Gasteiger partial charge is 0.302 e. The van der Waals surface area contributed by atoms with Gasteiger partial charge in [-0.2, -0.15) is 0 Å². The predicted molar refractivity (Wildman–Crippen MR) is 46.3 cm³/mol. The summed E-state index contributed by atoms with van der Waals surface area (Å²) in [6.07, 6.45) is -1.49. The van der Waals surface area contributed by atoms with E-state index in [1.165, 1.54) is 6.92 Å². The highest BCUT2D eigenvalue weighted by Gasteiger charge is 2.80. The summed E-state index contributed by atoms with van der Waals surface area (Å²) in [6.45, 7) is 1.17. The van der Waals surface area contributed by atoms with Gasteiger partial charge in [0.15, 0.2) is 0 Å². The first-order valence-corrected chi connectivity index (χ1v) is 4.57. The maximum absolute atomic E-state index is 13.3. The Balaban J connectivity index is 2.66. The minimum Gasteiger partial charge on any atom is -0.465 e. The Kier molecular flexibility index (Phi) is 3.02. The van der Waals surface area contributed by atoms with Gasteiger partial charge >= 0.3 is 5.97 Å². The molecule has 0 amide bonds. The fraction of sp³-hybridized carbons (Fsp3) is 0.889. The first kappa shape index (κ1) is 12.3. The van der Waals surface area contributed by atoms with Gasteiger partial charge in [-0.15, -0.1) is 0 Å². The van der Waals surface area contributed by atoms with Gasteiger partial charge < -0.3 is 14.9 Å². The maximum atomic E-state index is 13.3. The van der Waals surface area contributed by atoms with Gasteiger partial charge in [0.1, 0.15) is 6.61 Å². The minimum absolute atomic E-state index is 0.447. The predicted octanol–water partition coefficient (Wildman–Crippen LogP) is 0.174. The quantitative estimate of drug-likeness (QED) is 0.668. The van der Waals surface area contributed by atoms with Crippen LogP contribution in [0.1, 0.15) is 13.8 Å². The van der Waals surface area contributed by atoms with E-state index in [0.717, 1.165) is 6.92 Å². The third-order valence-electron chi connectivity index (χ3n) is 2.90. The molecule has 0 aromatic rings. The molecular formula is C9H14F2O4. The molecule has 0 heterocycles. The largest absolute Gasteiger partial charge is 0.465 e. The SMILES string of the molecule is CC(=O)OC[C@@]1(C)[C@H]([C@H](O)CO)C1(F)F.